The highest BCUT2D eigenvalue weighted by Gasteiger charge is 2.23. The van der Waals surface area contributed by atoms with Crippen LogP contribution >= 0.6 is 23.1 Å². The van der Waals surface area contributed by atoms with Crippen LogP contribution in [-0.4, -0.2) is 39.2 Å². The van der Waals surface area contributed by atoms with Gasteiger partial charge in [0.2, 0.25) is 5.91 Å². The average Bonchev–Trinajstić information content (AvgIpc) is 3.11. The van der Waals surface area contributed by atoms with E-state index >= 15 is 0 Å². The molecular weight excluding hydrogens is 438 g/mol. The monoisotopic (exact) mass is 469 g/mol. The Bertz CT molecular complexity index is 1180. The van der Waals surface area contributed by atoms with Gasteiger partial charge in [-0.2, -0.15) is 0 Å². The van der Waals surface area contributed by atoms with Crippen molar-refractivity contribution in [2.24, 2.45) is 5.92 Å². The van der Waals surface area contributed by atoms with E-state index in [-0.39, 0.29) is 11.5 Å². The van der Waals surface area contributed by atoms with Crippen LogP contribution < -0.4 is 5.56 Å². The van der Waals surface area contributed by atoms with Gasteiger partial charge in [-0.05, 0) is 50.2 Å². The first-order chi connectivity index (χ1) is 15.4. The maximum atomic E-state index is 13.6. The molecule has 2 aromatic heterocycles. The molecule has 1 fully saturated rings. The summed E-state index contributed by atoms with van der Waals surface area (Å²) < 4.78 is 1.75. The molecule has 7 heteroatoms. The minimum absolute atomic E-state index is 0.00873. The van der Waals surface area contributed by atoms with Crippen LogP contribution in [0.1, 0.15) is 48.3 Å². The number of aromatic nitrogens is 2. The Morgan fingerprint density at radius 1 is 1.25 bits per heavy atom. The van der Waals surface area contributed by atoms with Crippen molar-refractivity contribution in [2.45, 2.75) is 58.7 Å². The highest BCUT2D eigenvalue weighted by Crippen LogP contribution is 2.30. The largest absolute Gasteiger partial charge is 0.342 e. The molecular formula is C25H31N3O2S2. The highest BCUT2D eigenvalue weighted by molar-refractivity contribution is 7.99. The maximum absolute atomic E-state index is 13.6. The molecule has 1 aromatic carbocycles. The predicted molar refractivity (Wildman–Crippen MR) is 134 cm³/mol. The molecule has 4 rings (SSSR count). The van der Waals surface area contributed by atoms with E-state index in [0.717, 1.165) is 47.3 Å². The Morgan fingerprint density at radius 3 is 2.69 bits per heavy atom. The van der Waals surface area contributed by atoms with Crippen molar-refractivity contribution in [1.82, 2.24) is 14.5 Å². The molecule has 1 aliphatic heterocycles. The van der Waals surface area contributed by atoms with E-state index < -0.39 is 0 Å². The Kier molecular flexibility index (Phi) is 7.05. The third-order valence-corrected chi connectivity index (χ3v) is 8.52. The SMILES string of the molecule is CCc1sc2nc(SCC(=O)N3CCCC(C)C3)n(Cc3ccc(C)cc3)c(=O)c2c1C. The summed E-state index contributed by atoms with van der Waals surface area (Å²) in [5, 5.41) is 1.35. The van der Waals surface area contributed by atoms with Gasteiger partial charge in [0.25, 0.3) is 5.56 Å². The van der Waals surface area contributed by atoms with Gasteiger partial charge in [-0.25, -0.2) is 4.98 Å². The number of benzene rings is 1. The van der Waals surface area contributed by atoms with Crippen molar-refractivity contribution in [2.75, 3.05) is 18.8 Å². The zero-order valence-corrected chi connectivity index (χ0v) is 20.9. The number of thiophene rings is 1. The number of likely N-dealkylation sites (tertiary alicyclic amines) is 1. The summed E-state index contributed by atoms with van der Waals surface area (Å²) in [7, 11) is 0. The van der Waals surface area contributed by atoms with E-state index in [1.165, 1.54) is 28.6 Å². The van der Waals surface area contributed by atoms with Gasteiger partial charge in [0.15, 0.2) is 5.16 Å². The molecule has 0 spiro atoms. The number of fused-ring (bicyclic) bond motifs is 1. The van der Waals surface area contributed by atoms with Gasteiger partial charge in [0, 0.05) is 18.0 Å². The lowest BCUT2D eigenvalue weighted by Crippen LogP contribution is -2.40. The smallest absolute Gasteiger partial charge is 0.263 e. The molecule has 0 N–H and O–H groups in total. The van der Waals surface area contributed by atoms with E-state index in [1.807, 2.05) is 11.8 Å². The minimum Gasteiger partial charge on any atom is -0.342 e. The number of hydrogen-bond acceptors (Lipinski definition) is 5. The fourth-order valence-electron chi connectivity index (χ4n) is 4.34. The van der Waals surface area contributed by atoms with Gasteiger partial charge >= 0.3 is 0 Å². The number of thioether (sulfide) groups is 1. The molecule has 1 amide bonds. The topological polar surface area (TPSA) is 55.2 Å². The third kappa shape index (κ3) is 4.79. The number of nitrogens with zero attached hydrogens (tertiary/aromatic N) is 3. The van der Waals surface area contributed by atoms with E-state index in [2.05, 4.69) is 45.0 Å². The molecule has 0 saturated carbocycles. The molecule has 1 atom stereocenters. The number of piperidine rings is 1. The van der Waals surface area contributed by atoms with Crippen molar-refractivity contribution < 1.29 is 4.79 Å². The van der Waals surface area contributed by atoms with Crippen molar-refractivity contribution in [3.8, 4) is 0 Å². The second-order valence-corrected chi connectivity index (χ2v) is 10.9. The molecule has 5 nitrogen and oxygen atoms in total. The fourth-order valence-corrected chi connectivity index (χ4v) is 6.40. The predicted octanol–water partition coefficient (Wildman–Crippen LogP) is 5.04. The molecule has 1 aliphatic rings. The van der Waals surface area contributed by atoms with Gasteiger partial charge < -0.3 is 4.90 Å². The molecule has 1 saturated heterocycles. The Morgan fingerprint density at radius 2 is 2.00 bits per heavy atom. The Balaban J connectivity index is 1.68. The number of carbonyl (C=O) groups excluding carboxylic acids is 1. The van der Waals surface area contributed by atoms with Gasteiger partial charge in [0.05, 0.1) is 17.7 Å². The molecule has 3 heterocycles. The van der Waals surface area contributed by atoms with Crippen LogP contribution in [0.25, 0.3) is 10.2 Å². The van der Waals surface area contributed by atoms with Crippen molar-refractivity contribution in [3.63, 3.8) is 0 Å². The van der Waals surface area contributed by atoms with Crippen LogP contribution in [0.4, 0.5) is 0 Å². The van der Waals surface area contributed by atoms with Gasteiger partial charge in [-0.3, -0.25) is 14.2 Å². The first kappa shape index (κ1) is 23.1. The number of aryl methyl sites for hydroxylation is 3. The zero-order chi connectivity index (χ0) is 22.8. The summed E-state index contributed by atoms with van der Waals surface area (Å²) in [6.45, 7) is 10.5. The summed E-state index contributed by atoms with van der Waals surface area (Å²) in [5.41, 5.74) is 3.27. The quantitative estimate of drug-likeness (QED) is 0.375. The summed E-state index contributed by atoms with van der Waals surface area (Å²) in [6, 6.07) is 8.23. The minimum atomic E-state index is -0.00873. The van der Waals surface area contributed by atoms with E-state index in [1.54, 1.807) is 15.9 Å². The fraction of sp³-hybridized carbons (Fsp3) is 0.480. The second kappa shape index (κ2) is 9.79. The average molecular weight is 470 g/mol. The van der Waals surface area contributed by atoms with Crippen LogP contribution in [0.3, 0.4) is 0 Å². The molecule has 0 aliphatic carbocycles. The van der Waals surface area contributed by atoms with Crippen LogP contribution in [0.2, 0.25) is 0 Å². The first-order valence-electron chi connectivity index (χ1n) is 11.4. The van der Waals surface area contributed by atoms with Crippen molar-refractivity contribution in [3.05, 3.63) is 56.2 Å². The van der Waals surface area contributed by atoms with Crippen molar-refractivity contribution in [1.29, 1.82) is 0 Å². The third-order valence-electron chi connectivity index (χ3n) is 6.23. The molecule has 3 aromatic rings. The number of rotatable bonds is 6. The summed E-state index contributed by atoms with van der Waals surface area (Å²) in [6.07, 6.45) is 3.13. The van der Waals surface area contributed by atoms with Gasteiger partial charge in [0.1, 0.15) is 4.83 Å². The molecule has 32 heavy (non-hydrogen) atoms. The lowest BCUT2D eigenvalue weighted by atomic mass is 10.0. The Hall–Kier alpha value is -2.12. The van der Waals surface area contributed by atoms with Gasteiger partial charge in [-0.15, -0.1) is 11.3 Å². The summed E-state index contributed by atoms with van der Waals surface area (Å²) >= 11 is 2.99. The standard InChI is InChI=1S/C25H31N3O2S2/c1-5-20-18(4)22-23(32-20)26-25(31-15-21(29)27-12-6-7-17(3)13-27)28(24(22)30)14-19-10-8-16(2)9-11-19/h8-11,17H,5-7,12-15H2,1-4H3. The molecule has 0 bridgehead atoms. The first-order valence-corrected chi connectivity index (χ1v) is 13.2. The van der Waals surface area contributed by atoms with E-state index in [9.17, 15) is 9.59 Å². The zero-order valence-electron chi connectivity index (χ0n) is 19.3. The molecule has 1 unspecified atom stereocenters. The van der Waals surface area contributed by atoms with Crippen LogP contribution in [0.15, 0.2) is 34.2 Å². The van der Waals surface area contributed by atoms with Gasteiger partial charge in [-0.1, -0.05) is 55.4 Å². The summed E-state index contributed by atoms with van der Waals surface area (Å²) in [4.78, 5) is 35.3. The molecule has 170 valence electrons. The Labute approximate surface area is 197 Å². The number of carbonyl (C=O) groups is 1. The maximum Gasteiger partial charge on any atom is 0.263 e. The second-order valence-electron chi connectivity index (χ2n) is 8.83. The lowest BCUT2D eigenvalue weighted by Gasteiger charge is -2.30. The number of hydrogen-bond donors (Lipinski definition) is 0. The van der Waals surface area contributed by atoms with E-state index in [0.29, 0.717) is 23.4 Å². The highest BCUT2D eigenvalue weighted by atomic mass is 32.2. The van der Waals surface area contributed by atoms with Crippen LogP contribution in [-0.2, 0) is 17.8 Å². The lowest BCUT2D eigenvalue weighted by molar-refractivity contribution is -0.130. The van der Waals surface area contributed by atoms with Crippen LogP contribution in [0, 0.1) is 19.8 Å². The summed E-state index contributed by atoms with van der Waals surface area (Å²) in [5.74, 6) is 0.992. The van der Waals surface area contributed by atoms with Crippen LogP contribution in [0.5, 0.6) is 0 Å². The normalized spacial score (nSPS) is 16.6. The van der Waals surface area contributed by atoms with Crippen molar-refractivity contribution >= 4 is 39.2 Å². The molecule has 0 radical (unpaired) electrons. The number of amides is 1. The van der Waals surface area contributed by atoms with E-state index in [4.69, 9.17) is 4.98 Å².